The average Bonchev–Trinajstić information content (AvgIpc) is 2.34. The molecule has 1 rings (SSSR count). The van der Waals surface area contributed by atoms with Gasteiger partial charge in [0, 0.05) is 29.2 Å². The summed E-state index contributed by atoms with van der Waals surface area (Å²) in [4.78, 5) is 0. The van der Waals surface area contributed by atoms with Crippen LogP contribution >= 0.6 is 0 Å². The SMILES string of the molecule is C#Cc1cc(OC)c(OC)cc1C#CC(C)C. The van der Waals surface area contributed by atoms with Crippen molar-refractivity contribution in [3.8, 4) is 35.7 Å². The van der Waals surface area contributed by atoms with Gasteiger partial charge in [0.1, 0.15) is 0 Å². The zero-order valence-corrected chi connectivity index (χ0v) is 10.6. The number of hydrogen-bond donors (Lipinski definition) is 0. The maximum Gasteiger partial charge on any atom is 0.162 e. The normalized spacial score (nSPS) is 9.18. The smallest absolute Gasteiger partial charge is 0.162 e. The number of hydrogen-bond acceptors (Lipinski definition) is 2. The fourth-order valence-electron chi connectivity index (χ4n) is 1.32. The lowest BCUT2D eigenvalue weighted by Crippen LogP contribution is -1.94. The molecule has 17 heavy (non-hydrogen) atoms. The van der Waals surface area contributed by atoms with Crippen LogP contribution in [0.25, 0.3) is 0 Å². The molecule has 2 nitrogen and oxygen atoms in total. The van der Waals surface area contributed by atoms with Crippen molar-refractivity contribution in [2.24, 2.45) is 5.92 Å². The zero-order valence-electron chi connectivity index (χ0n) is 10.6. The van der Waals surface area contributed by atoms with E-state index in [2.05, 4.69) is 17.8 Å². The molecular formula is C15H16O2. The van der Waals surface area contributed by atoms with Crippen molar-refractivity contribution in [3.05, 3.63) is 23.3 Å². The van der Waals surface area contributed by atoms with Crippen molar-refractivity contribution in [1.29, 1.82) is 0 Å². The van der Waals surface area contributed by atoms with E-state index in [9.17, 15) is 0 Å². The summed E-state index contributed by atoms with van der Waals surface area (Å²) in [5, 5.41) is 0. The van der Waals surface area contributed by atoms with E-state index in [4.69, 9.17) is 15.9 Å². The third-order valence-corrected chi connectivity index (χ3v) is 2.17. The monoisotopic (exact) mass is 228 g/mol. The van der Waals surface area contributed by atoms with E-state index < -0.39 is 0 Å². The minimum atomic E-state index is 0.300. The van der Waals surface area contributed by atoms with Crippen molar-refractivity contribution >= 4 is 0 Å². The Kier molecular flexibility index (Phi) is 4.49. The molecule has 0 fully saturated rings. The summed E-state index contributed by atoms with van der Waals surface area (Å²) in [7, 11) is 3.17. The minimum Gasteiger partial charge on any atom is -0.493 e. The van der Waals surface area contributed by atoms with E-state index >= 15 is 0 Å². The molecule has 0 aromatic heterocycles. The van der Waals surface area contributed by atoms with Crippen molar-refractivity contribution in [3.63, 3.8) is 0 Å². The van der Waals surface area contributed by atoms with Gasteiger partial charge in [0.2, 0.25) is 0 Å². The molecule has 0 N–H and O–H groups in total. The molecule has 0 unspecified atom stereocenters. The summed E-state index contributed by atoms with van der Waals surface area (Å²) < 4.78 is 10.4. The summed E-state index contributed by atoms with van der Waals surface area (Å²) in [6.45, 7) is 4.06. The Hall–Kier alpha value is -2.06. The number of terminal acetylenes is 1. The highest BCUT2D eigenvalue weighted by atomic mass is 16.5. The molecule has 0 aliphatic carbocycles. The second kappa shape index (κ2) is 5.87. The van der Waals surface area contributed by atoms with Gasteiger partial charge in [-0.3, -0.25) is 0 Å². The predicted molar refractivity (Wildman–Crippen MR) is 69.2 cm³/mol. The maximum absolute atomic E-state index is 5.46. The first-order valence-electron chi connectivity index (χ1n) is 5.36. The van der Waals surface area contributed by atoms with Crippen molar-refractivity contribution in [2.75, 3.05) is 14.2 Å². The first kappa shape index (κ1) is 13.0. The molecule has 0 bridgehead atoms. The predicted octanol–water partition coefficient (Wildman–Crippen LogP) is 2.69. The number of methoxy groups -OCH3 is 2. The van der Waals surface area contributed by atoms with Gasteiger partial charge in [-0.1, -0.05) is 31.6 Å². The van der Waals surface area contributed by atoms with Crippen LogP contribution in [0.15, 0.2) is 12.1 Å². The zero-order chi connectivity index (χ0) is 12.8. The molecule has 0 spiro atoms. The molecule has 1 aromatic rings. The van der Waals surface area contributed by atoms with Crippen LogP contribution in [0, 0.1) is 30.1 Å². The van der Waals surface area contributed by atoms with E-state index in [0.717, 1.165) is 11.1 Å². The maximum atomic E-state index is 5.46. The Bertz CT molecular complexity index is 496. The van der Waals surface area contributed by atoms with Gasteiger partial charge in [0.15, 0.2) is 11.5 Å². The van der Waals surface area contributed by atoms with Crippen LogP contribution in [0.3, 0.4) is 0 Å². The van der Waals surface area contributed by atoms with Crippen LogP contribution < -0.4 is 9.47 Å². The Morgan fingerprint density at radius 3 is 2.00 bits per heavy atom. The Balaban J connectivity index is 3.32. The van der Waals surface area contributed by atoms with Gasteiger partial charge < -0.3 is 9.47 Å². The fraction of sp³-hybridized carbons (Fsp3) is 0.333. The van der Waals surface area contributed by atoms with Gasteiger partial charge in [-0.15, -0.1) is 6.42 Å². The van der Waals surface area contributed by atoms with E-state index in [1.54, 1.807) is 20.3 Å². The Labute approximate surface area is 103 Å². The fourth-order valence-corrected chi connectivity index (χ4v) is 1.32. The topological polar surface area (TPSA) is 18.5 Å². The summed E-state index contributed by atoms with van der Waals surface area (Å²) in [5.41, 5.74) is 1.51. The highest BCUT2D eigenvalue weighted by Gasteiger charge is 2.08. The third kappa shape index (κ3) is 3.20. The quantitative estimate of drug-likeness (QED) is 0.725. The standard InChI is InChI=1S/C15H16O2/c1-6-12-9-14(16-4)15(17-5)10-13(12)8-7-11(2)3/h1,9-11H,2-5H3. The molecular weight excluding hydrogens is 212 g/mol. The Morgan fingerprint density at radius 1 is 1.06 bits per heavy atom. The second-order valence-corrected chi connectivity index (χ2v) is 3.82. The van der Waals surface area contributed by atoms with E-state index in [1.807, 2.05) is 19.9 Å². The molecule has 0 amide bonds. The van der Waals surface area contributed by atoms with E-state index in [-0.39, 0.29) is 0 Å². The van der Waals surface area contributed by atoms with Crippen LogP contribution in [-0.4, -0.2) is 14.2 Å². The van der Waals surface area contributed by atoms with Crippen LogP contribution in [0.1, 0.15) is 25.0 Å². The van der Waals surface area contributed by atoms with Crippen LogP contribution in [-0.2, 0) is 0 Å². The van der Waals surface area contributed by atoms with Gasteiger partial charge in [0.25, 0.3) is 0 Å². The van der Waals surface area contributed by atoms with Crippen molar-refractivity contribution in [2.45, 2.75) is 13.8 Å². The molecule has 0 aliphatic rings. The van der Waals surface area contributed by atoms with Gasteiger partial charge >= 0.3 is 0 Å². The number of benzene rings is 1. The number of ether oxygens (including phenoxy) is 2. The lowest BCUT2D eigenvalue weighted by Gasteiger charge is -2.09. The molecule has 0 saturated carbocycles. The molecule has 0 saturated heterocycles. The highest BCUT2D eigenvalue weighted by molar-refractivity contribution is 5.58. The van der Waals surface area contributed by atoms with Gasteiger partial charge in [-0.2, -0.15) is 0 Å². The lowest BCUT2D eigenvalue weighted by molar-refractivity contribution is 0.355. The largest absolute Gasteiger partial charge is 0.493 e. The summed E-state index contributed by atoms with van der Waals surface area (Å²) in [6.07, 6.45) is 5.46. The molecule has 0 aliphatic heterocycles. The average molecular weight is 228 g/mol. The Morgan fingerprint density at radius 2 is 1.59 bits per heavy atom. The third-order valence-electron chi connectivity index (χ3n) is 2.17. The second-order valence-electron chi connectivity index (χ2n) is 3.82. The first-order chi connectivity index (χ1) is 8.12. The highest BCUT2D eigenvalue weighted by Crippen LogP contribution is 2.29. The van der Waals surface area contributed by atoms with E-state index in [1.165, 1.54) is 0 Å². The summed E-state index contributed by atoms with van der Waals surface area (Å²) in [6, 6.07) is 3.58. The van der Waals surface area contributed by atoms with Crippen LogP contribution in [0.2, 0.25) is 0 Å². The molecule has 0 atom stereocenters. The molecule has 88 valence electrons. The van der Waals surface area contributed by atoms with Crippen LogP contribution in [0.4, 0.5) is 0 Å². The van der Waals surface area contributed by atoms with E-state index in [0.29, 0.717) is 17.4 Å². The lowest BCUT2D eigenvalue weighted by atomic mass is 10.1. The van der Waals surface area contributed by atoms with Gasteiger partial charge in [-0.05, 0) is 0 Å². The molecule has 0 radical (unpaired) electrons. The van der Waals surface area contributed by atoms with Crippen LogP contribution in [0.5, 0.6) is 11.5 Å². The summed E-state index contributed by atoms with van der Waals surface area (Å²) >= 11 is 0. The van der Waals surface area contributed by atoms with Gasteiger partial charge in [-0.25, -0.2) is 0 Å². The summed E-state index contributed by atoms with van der Waals surface area (Å²) in [5.74, 6) is 10.3. The van der Waals surface area contributed by atoms with Gasteiger partial charge in [0.05, 0.1) is 14.2 Å². The minimum absolute atomic E-state index is 0.300. The van der Waals surface area contributed by atoms with Crippen molar-refractivity contribution in [1.82, 2.24) is 0 Å². The molecule has 2 heteroatoms. The molecule has 1 aromatic carbocycles. The van der Waals surface area contributed by atoms with Crippen molar-refractivity contribution < 1.29 is 9.47 Å². The molecule has 0 heterocycles. The number of rotatable bonds is 2. The first-order valence-corrected chi connectivity index (χ1v) is 5.36.